The first-order valence-corrected chi connectivity index (χ1v) is 11.7. The van der Waals surface area contributed by atoms with Gasteiger partial charge in [0.15, 0.2) is 11.5 Å². The van der Waals surface area contributed by atoms with Crippen molar-refractivity contribution in [3.05, 3.63) is 93.3 Å². The molecule has 0 spiro atoms. The van der Waals surface area contributed by atoms with Gasteiger partial charge in [0.2, 0.25) is 0 Å². The fourth-order valence-corrected chi connectivity index (χ4v) is 4.40. The molecule has 0 aliphatic carbocycles. The minimum Gasteiger partial charge on any atom is -0.493 e. The Morgan fingerprint density at radius 3 is 2.24 bits per heavy atom. The van der Waals surface area contributed by atoms with Crippen LogP contribution in [0.25, 0.3) is 0 Å². The first-order valence-electron chi connectivity index (χ1n) is 11.7. The van der Waals surface area contributed by atoms with Crippen LogP contribution in [0.5, 0.6) is 11.5 Å². The largest absolute Gasteiger partial charge is 0.493 e. The highest BCUT2D eigenvalue weighted by Gasteiger charge is 2.27. The minimum atomic E-state index is -0.896. The number of ether oxygens (including phenoxy) is 2. The number of halogens is 1. The second-order valence-corrected chi connectivity index (χ2v) is 8.63. The van der Waals surface area contributed by atoms with Crippen molar-refractivity contribution in [3.63, 3.8) is 0 Å². The standard InChI is InChI=1S/C27H26FN3O6/c1-36-24-10-5-19(15-25(24)37-2)26(32)29-20-6-3-17(4-7-20)18-11-13-30(14-12-18)27(33)22-9-8-21(31(34)35)16-23(22)28/h3-10,15-16,18H,11-14H2,1-2H3,(H,29,32). The van der Waals surface area contributed by atoms with Gasteiger partial charge in [-0.3, -0.25) is 19.7 Å². The highest BCUT2D eigenvalue weighted by Crippen LogP contribution is 2.31. The van der Waals surface area contributed by atoms with E-state index in [1.807, 2.05) is 24.3 Å². The van der Waals surface area contributed by atoms with Crippen molar-refractivity contribution in [1.82, 2.24) is 4.90 Å². The van der Waals surface area contributed by atoms with Crippen LogP contribution < -0.4 is 14.8 Å². The number of carbonyl (C=O) groups is 2. The summed E-state index contributed by atoms with van der Waals surface area (Å²) in [6.07, 6.45) is 1.38. The van der Waals surface area contributed by atoms with Gasteiger partial charge in [-0.15, -0.1) is 0 Å². The average molecular weight is 508 g/mol. The summed E-state index contributed by atoms with van der Waals surface area (Å²) in [6, 6.07) is 15.6. The fourth-order valence-electron chi connectivity index (χ4n) is 4.40. The number of piperidine rings is 1. The number of carbonyl (C=O) groups excluding carboxylic acids is 2. The van der Waals surface area contributed by atoms with Gasteiger partial charge in [-0.05, 0) is 60.7 Å². The van der Waals surface area contributed by atoms with E-state index in [0.29, 0.717) is 48.7 Å². The van der Waals surface area contributed by atoms with Crippen molar-refractivity contribution in [2.75, 3.05) is 32.6 Å². The van der Waals surface area contributed by atoms with E-state index in [0.717, 1.165) is 23.8 Å². The molecule has 37 heavy (non-hydrogen) atoms. The predicted molar refractivity (Wildman–Crippen MR) is 135 cm³/mol. The Morgan fingerprint density at radius 2 is 1.65 bits per heavy atom. The number of nitrogens with zero attached hydrogens (tertiary/aromatic N) is 2. The van der Waals surface area contributed by atoms with Crippen LogP contribution in [0.3, 0.4) is 0 Å². The average Bonchev–Trinajstić information content (AvgIpc) is 2.92. The van der Waals surface area contributed by atoms with Crippen LogP contribution in [-0.2, 0) is 0 Å². The number of nitro groups is 1. The van der Waals surface area contributed by atoms with Crippen molar-refractivity contribution < 1.29 is 28.4 Å². The molecule has 1 aliphatic rings. The second-order valence-electron chi connectivity index (χ2n) is 8.63. The molecular weight excluding hydrogens is 481 g/mol. The minimum absolute atomic E-state index is 0.168. The Morgan fingerprint density at radius 1 is 0.973 bits per heavy atom. The number of hydrogen-bond donors (Lipinski definition) is 1. The third-order valence-corrected chi connectivity index (χ3v) is 6.46. The molecule has 192 valence electrons. The van der Waals surface area contributed by atoms with Crippen LogP contribution in [0.15, 0.2) is 60.7 Å². The molecule has 0 bridgehead atoms. The van der Waals surface area contributed by atoms with E-state index < -0.39 is 22.3 Å². The number of amides is 2. The summed E-state index contributed by atoms with van der Waals surface area (Å²) in [4.78, 5) is 37.1. The van der Waals surface area contributed by atoms with Crippen LogP contribution >= 0.6 is 0 Å². The second kappa shape index (κ2) is 11.1. The number of hydrogen-bond acceptors (Lipinski definition) is 6. The van der Waals surface area contributed by atoms with E-state index in [2.05, 4.69) is 5.32 Å². The smallest absolute Gasteiger partial charge is 0.272 e. The highest BCUT2D eigenvalue weighted by atomic mass is 19.1. The quantitative estimate of drug-likeness (QED) is 0.355. The molecule has 0 atom stereocenters. The number of non-ortho nitro benzene ring substituents is 1. The van der Waals surface area contributed by atoms with Gasteiger partial charge in [0.25, 0.3) is 17.5 Å². The lowest BCUT2D eigenvalue weighted by Gasteiger charge is -2.32. The topological polar surface area (TPSA) is 111 Å². The summed E-state index contributed by atoms with van der Waals surface area (Å²) in [5, 5.41) is 13.7. The number of likely N-dealkylation sites (tertiary alicyclic amines) is 1. The molecule has 1 heterocycles. The number of rotatable bonds is 7. The lowest BCUT2D eigenvalue weighted by Crippen LogP contribution is -2.38. The maximum atomic E-state index is 14.3. The summed E-state index contributed by atoms with van der Waals surface area (Å²) in [6.45, 7) is 0.884. The van der Waals surface area contributed by atoms with Crippen LogP contribution in [0.4, 0.5) is 15.8 Å². The van der Waals surface area contributed by atoms with Crippen LogP contribution in [0.1, 0.15) is 45.0 Å². The lowest BCUT2D eigenvalue weighted by atomic mass is 9.89. The maximum absolute atomic E-state index is 14.3. The molecule has 9 nitrogen and oxygen atoms in total. The number of methoxy groups -OCH3 is 2. The first-order chi connectivity index (χ1) is 17.8. The SMILES string of the molecule is COc1ccc(C(=O)Nc2ccc(C3CCN(C(=O)c4ccc([N+](=O)[O-])cc4F)CC3)cc2)cc1OC. The van der Waals surface area contributed by atoms with Gasteiger partial charge in [0, 0.05) is 30.4 Å². The van der Waals surface area contributed by atoms with E-state index in [4.69, 9.17) is 9.47 Å². The predicted octanol–water partition coefficient (Wildman–Crippen LogP) is 5.02. The lowest BCUT2D eigenvalue weighted by molar-refractivity contribution is -0.385. The van der Waals surface area contributed by atoms with E-state index >= 15 is 0 Å². The molecule has 0 unspecified atom stereocenters. The molecule has 1 fully saturated rings. The molecular formula is C27H26FN3O6. The third kappa shape index (κ3) is 5.69. The van der Waals surface area contributed by atoms with Crippen LogP contribution in [-0.4, -0.2) is 48.9 Å². The molecule has 1 saturated heterocycles. The molecule has 1 aliphatic heterocycles. The summed E-state index contributed by atoms with van der Waals surface area (Å²) >= 11 is 0. The molecule has 1 N–H and O–H groups in total. The first kappa shape index (κ1) is 25.6. The molecule has 0 saturated carbocycles. The van der Waals surface area contributed by atoms with Crippen molar-refractivity contribution in [2.24, 2.45) is 0 Å². The van der Waals surface area contributed by atoms with Gasteiger partial charge in [-0.25, -0.2) is 4.39 Å². The Bertz CT molecular complexity index is 1320. The number of nitrogens with one attached hydrogen (secondary N) is 1. The van der Waals surface area contributed by atoms with Crippen molar-refractivity contribution in [2.45, 2.75) is 18.8 Å². The number of anilines is 1. The zero-order chi connectivity index (χ0) is 26.5. The van der Waals surface area contributed by atoms with Crippen molar-refractivity contribution >= 4 is 23.2 Å². The summed E-state index contributed by atoms with van der Waals surface area (Å²) in [7, 11) is 3.03. The molecule has 10 heteroatoms. The summed E-state index contributed by atoms with van der Waals surface area (Å²) < 4.78 is 24.7. The number of benzene rings is 3. The van der Waals surface area contributed by atoms with E-state index in [9.17, 15) is 24.1 Å². The van der Waals surface area contributed by atoms with Gasteiger partial charge in [-0.1, -0.05) is 12.1 Å². The normalized spacial score (nSPS) is 13.6. The van der Waals surface area contributed by atoms with Gasteiger partial charge in [-0.2, -0.15) is 0 Å². The molecule has 0 aromatic heterocycles. The van der Waals surface area contributed by atoms with E-state index in [1.165, 1.54) is 14.2 Å². The van der Waals surface area contributed by atoms with Crippen molar-refractivity contribution in [1.29, 1.82) is 0 Å². The molecule has 3 aromatic carbocycles. The van der Waals surface area contributed by atoms with Gasteiger partial charge in [0.1, 0.15) is 5.82 Å². The Balaban J connectivity index is 1.35. The van der Waals surface area contributed by atoms with Gasteiger partial charge < -0.3 is 19.7 Å². The third-order valence-electron chi connectivity index (χ3n) is 6.46. The summed E-state index contributed by atoms with van der Waals surface area (Å²) in [5.74, 6) is -0.438. The monoisotopic (exact) mass is 507 g/mol. The van der Waals surface area contributed by atoms with Crippen LogP contribution in [0.2, 0.25) is 0 Å². The Kier molecular flexibility index (Phi) is 7.66. The molecule has 0 radical (unpaired) electrons. The van der Waals surface area contributed by atoms with Gasteiger partial charge in [0.05, 0.1) is 30.8 Å². The molecule has 4 rings (SSSR count). The Labute approximate surface area is 213 Å². The van der Waals surface area contributed by atoms with Crippen LogP contribution in [0, 0.1) is 15.9 Å². The maximum Gasteiger partial charge on any atom is 0.272 e. The van der Waals surface area contributed by atoms with E-state index in [1.54, 1.807) is 23.1 Å². The van der Waals surface area contributed by atoms with Crippen molar-refractivity contribution in [3.8, 4) is 11.5 Å². The van der Waals surface area contributed by atoms with E-state index in [-0.39, 0.29) is 17.4 Å². The molecule has 2 amide bonds. The summed E-state index contributed by atoms with van der Waals surface area (Å²) in [5.41, 5.74) is 1.60. The Hall–Kier alpha value is -4.47. The zero-order valence-corrected chi connectivity index (χ0v) is 20.4. The number of nitro benzene ring substituents is 1. The van der Waals surface area contributed by atoms with Gasteiger partial charge >= 0.3 is 0 Å². The fraction of sp³-hybridized carbons (Fsp3) is 0.259. The highest BCUT2D eigenvalue weighted by molar-refractivity contribution is 6.04. The zero-order valence-electron chi connectivity index (χ0n) is 20.4. The molecule has 3 aromatic rings.